The highest BCUT2D eigenvalue weighted by molar-refractivity contribution is 7.71. The van der Waals surface area contributed by atoms with E-state index in [9.17, 15) is 9.59 Å². The van der Waals surface area contributed by atoms with Gasteiger partial charge < -0.3 is 9.64 Å². The van der Waals surface area contributed by atoms with E-state index in [0.29, 0.717) is 23.6 Å². The molecule has 1 heterocycles. The Morgan fingerprint density at radius 3 is 2.64 bits per heavy atom. The Morgan fingerprint density at radius 1 is 1.32 bits per heavy atom. The first-order valence-electron chi connectivity index (χ1n) is 7.95. The van der Waals surface area contributed by atoms with Crippen molar-refractivity contribution in [3.63, 3.8) is 0 Å². The highest BCUT2D eigenvalue weighted by atomic mass is 32.1. The Labute approximate surface area is 151 Å². The molecular formula is C17H22N4O3S. The third kappa shape index (κ3) is 4.99. The van der Waals surface area contributed by atoms with Gasteiger partial charge in [0.1, 0.15) is 6.54 Å². The van der Waals surface area contributed by atoms with E-state index in [1.54, 1.807) is 16.5 Å². The lowest BCUT2D eigenvalue weighted by molar-refractivity contribution is -0.141. The summed E-state index contributed by atoms with van der Waals surface area (Å²) < 4.78 is 6.67. The average Bonchev–Trinajstić information content (AvgIpc) is 2.96. The van der Waals surface area contributed by atoms with E-state index in [1.807, 2.05) is 31.2 Å². The van der Waals surface area contributed by atoms with Crippen LogP contribution in [0.3, 0.4) is 0 Å². The fourth-order valence-electron chi connectivity index (χ4n) is 2.33. The first-order chi connectivity index (χ1) is 11.9. The lowest BCUT2D eigenvalue weighted by Gasteiger charge is -2.17. The van der Waals surface area contributed by atoms with Crippen LogP contribution in [0.2, 0.25) is 0 Å². The molecule has 0 aliphatic rings. The number of hydrogen-bond acceptors (Lipinski definition) is 5. The van der Waals surface area contributed by atoms with E-state index in [0.717, 1.165) is 11.1 Å². The molecule has 0 atom stereocenters. The van der Waals surface area contributed by atoms with E-state index in [2.05, 4.69) is 14.9 Å². The van der Waals surface area contributed by atoms with Crippen molar-refractivity contribution in [2.75, 3.05) is 20.7 Å². The maximum absolute atomic E-state index is 12.4. The summed E-state index contributed by atoms with van der Waals surface area (Å²) in [5, 5.41) is 6.98. The highest BCUT2D eigenvalue weighted by Gasteiger charge is 2.15. The maximum atomic E-state index is 12.4. The summed E-state index contributed by atoms with van der Waals surface area (Å²) >= 11 is 5.25. The lowest BCUT2D eigenvalue weighted by Crippen LogP contribution is -2.31. The molecule has 7 nitrogen and oxygen atoms in total. The summed E-state index contributed by atoms with van der Waals surface area (Å²) in [6.07, 6.45) is 0.838. The molecule has 0 fully saturated rings. The van der Waals surface area contributed by atoms with Gasteiger partial charge in [0.2, 0.25) is 5.91 Å². The second kappa shape index (κ2) is 8.57. The molecule has 0 unspecified atom stereocenters. The van der Waals surface area contributed by atoms with Crippen LogP contribution >= 0.6 is 12.2 Å². The van der Waals surface area contributed by atoms with Gasteiger partial charge in [0.25, 0.3) is 0 Å². The second-order valence-electron chi connectivity index (χ2n) is 5.80. The summed E-state index contributed by atoms with van der Waals surface area (Å²) in [4.78, 5) is 25.2. The number of nitrogens with zero attached hydrogens (tertiary/aromatic N) is 3. The average molecular weight is 362 g/mol. The van der Waals surface area contributed by atoms with E-state index >= 15 is 0 Å². The van der Waals surface area contributed by atoms with E-state index in [4.69, 9.17) is 12.2 Å². The van der Waals surface area contributed by atoms with Gasteiger partial charge in [0.15, 0.2) is 10.6 Å². The number of benzene rings is 1. The van der Waals surface area contributed by atoms with Gasteiger partial charge in [0, 0.05) is 25.6 Å². The van der Waals surface area contributed by atoms with Gasteiger partial charge in [0.05, 0.1) is 7.11 Å². The number of aromatic amines is 1. The van der Waals surface area contributed by atoms with Gasteiger partial charge in [-0.15, -0.1) is 0 Å². The summed E-state index contributed by atoms with van der Waals surface area (Å²) in [5.74, 6) is 0.247. The van der Waals surface area contributed by atoms with Crippen LogP contribution in [0.1, 0.15) is 18.4 Å². The molecule has 1 amide bonds. The molecule has 2 rings (SSSR count). The number of carbonyl (C=O) groups excluding carboxylic acids is 2. The van der Waals surface area contributed by atoms with Crippen LogP contribution in [0, 0.1) is 11.7 Å². The maximum Gasteiger partial charge on any atom is 0.305 e. The predicted molar refractivity (Wildman–Crippen MR) is 96.5 cm³/mol. The SMILES string of the molecule is COC(=O)CCCN(C)C(=O)Cn1c(-c2ccc(C)cc2)n[nH]c1=S. The molecule has 1 aromatic heterocycles. The summed E-state index contributed by atoms with van der Waals surface area (Å²) in [6.45, 7) is 2.57. The molecule has 0 bridgehead atoms. The van der Waals surface area contributed by atoms with Crippen molar-refractivity contribution in [2.24, 2.45) is 0 Å². The van der Waals surface area contributed by atoms with Crippen LogP contribution in [-0.4, -0.2) is 52.2 Å². The first-order valence-corrected chi connectivity index (χ1v) is 8.36. The fraction of sp³-hybridized carbons (Fsp3) is 0.412. The number of nitrogens with one attached hydrogen (secondary N) is 1. The van der Waals surface area contributed by atoms with Gasteiger partial charge in [-0.3, -0.25) is 19.3 Å². The lowest BCUT2D eigenvalue weighted by atomic mass is 10.1. The third-order valence-corrected chi connectivity index (χ3v) is 4.20. The van der Waals surface area contributed by atoms with Gasteiger partial charge in [-0.05, 0) is 25.6 Å². The van der Waals surface area contributed by atoms with E-state index in [-0.39, 0.29) is 24.8 Å². The topological polar surface area (TPSA) is 80.2 Å². The second-order valence-corrected chi connectivity index (χ2v) is 6.19. The Morgan fingerprint density at radius 2 is 2.00 bits per heavy atom. The van der Waals surface area contributed by atoms with Gasteiger partial charge in [-0.2, -0.15) is 5.10 Å². The molecule has 134 valence electrons. The highest BCUT2D eigenvalue weighted by Crippen LogP contribution is 2.18. The molecule has 0 aliphatic heterocycles. The first kappa shape index (κ1) is 18.9. The zero-order valence-electron chi connectivity index (χ0n) is 14.6. The third-order valence-electron chi connectivity index (χ3n) is 3.89. The normalized spacial score (nSPS) is 10.5. The summed E-state index contributed by atoms with van der Waals surface area (Å²) in [7, 11) is 3.05. The zero-order valence-corrected chi connectivity index (χ0v) is 15.4. The number of aryl methyl sites for hydroxylation is 1. The number of methoxy groups -OCH3 is 1. The summed E-state index contributed by atoms with van der Waals surface area (Å²) in [5.41, 5.74) is 2.03. The standard InChI is InChI=1S/C17H22N4O3S/c1-12-6-8-13(9-7-12)16-18-19-17(25)21(16)11-14(22)20(2)10-4-5-15(23)24-3/h6-9H,4-5,10-11H2,1-3H3,(H,19,25). The van der Waals surface area contributed by atoms with E-state index < -0.39 is 0 Å². The predicted octanol–water partition coefficient (Wildman–Crippen LogP) is 2.33. The molecule has 0 radical (unpaired) electrons. The molecule has 0 saturated heterocycles. The Balaban J connectivity index is 2.06. The summed E-state index contributed by atoms with van der Waals surface area (Å²) in [6, 6.07) is 7.86. The molecule has 8 heteroatoms. The van der Waals surface area contributed by atoms with Crippen molar-refractivity contribution in [3.8, 4) is 11.4 Å². The van der Waals surface area contributed by atoms with Crippen LogP contribution in [0.25, 0.3) is 11.4 Å². The number of rotatable bonds is 7. The molecule has 0 saturated carbocycles. The van der Waals surface area contributed by atoms with Gasteiger partial charge in [-0.25, -0.2) is 0 Å². The van der Waals surface area contributed by atoms with Gasteiger partial charge >= 0.3 is 5.97 Å². The van der Waals surface area contributed by atoms with E-state index in [1.165, 1.54) is 7.11 Å². The van der Waals surface area contributed by atoms with Gasteiger partial charge in [-0.1, -0.05) is 29.8 Å². The molecule has 0 aliphatic carbocycles. The Bertz CT molecular complexity index is 795. The smallest absolute Gasteiger partial charge is 0.305 e. The number of H-pyrrole nitrogens is 1. The van der Waals surface area contributed by atoms with Crippen molar-refractivity contribution >= 4 is 24.1 Å². The Hall–Kier alpha value is -2.48. The largest absolute Gasteiger partial charge is 0.469 e. The van der Waals surface area contributed by atoms with Crippen LogP contribution in [0.4, 0.5) is 0 Å². The zero-order chi connectivity index (χ0) is 18.4. The molecule has 25 heavy (non-hydrogen) atoms. The van der Waals surface area contributed by atoms with Crippen molar-refractivity contribution in [1.82, 2.24) is 19.7 Å². The van der Waals surface area contributed by atoms with Crippen molar-refractivity contribution in [3.05, 3.63) is 34.6 Å². The molecule has 1 N–H and O–H groups in total. The number of amides is 1. The van der Waals surface area contributed by atoms with Crippen molar-refractivity contribution < 1.29 is 14.3 Å². The number of likely N-dealkylation sites (N-methyl/N-ethyl adjacent to an activating group) is 1. The Kier molecular flexibility index (Phi) is 6.46. The van der Waals surface area contributed by atoms with Crippen molar-refractivity contribution in [1.29, 1.82) is 0 Å². The number of esters is 1. The fourth-order valence-corrected chi connectivity index (χ4v) is 2.53. The minimum atomic E-state index is -0.278. The molecule has 2 aromatic rings. The number of ether oxygens (including phenoxy) is 1. The van der Waals surface area contributed by atoms with Crippen LogP contribution in [0.15, 0.2) is 24.3 Å². The quantitative estimate of drug-likeness (QED) is 0.604. The molecule has 0 spiro atoms. The molecular weight excluding hydrogens is 340 g/mol. The van der Waals surface area contributed by atoms with Crippen LogP contribution < -0.4 is 0 Å². The van der Waals surface area contributed by atoms with Crippen molar-refractivity contribution in [2.45, 2.75) is 26.3 Å². The monoisotopic (exact) mass is 362 g/mol. The van der Waals surface area contributed by atoms with Crippen LogP contribution in [0.5, 0.6) is 0 Å². The number of hydrogen-bond donors (Lipinski definition) is 1. The van der Waals surface area contributed by atoms with Crippen LogP contribution in [-0.2, 0) is 20.9 Å². The minimum Gasteiger partial charge on any atom is -0.469 e. The minimum absolute atomic E-state index is 0.0905. The molecule has 1 aromatic carbocycles. The number of aromatic nitrogens is 3. The number of carbonyl (C=O) groups is 2.